The Morgan fingerprint density at radius 2 is 1.45 bits per heavy atom. The normalized spacial score (nSPS) is 12.6. The summed E-state index contributed by atoms with van der Waals surface area (Å²) in [4.78, 5) is 0. The summed E-state index contributed by atoms with van der Waals surface area (Å²) in [5, 5.41) is 13.1. The number of rotatable bonds is 2. The van der Waals surface area contributed by atoms with Crippen molar-refractivity contribution in [2.45, 2.75) is 13.0 Å². The van der Waals surface area contributed by atoms with Crippen LogP contribution in [0.25, 0.3) is 10.8 Å². The number of aryl methyl sites for hydroxylation is 1. The molecule has 0 aliphatic rings. The maximum absolute atomic E-state index is 10.8. The SMILES string of the molecule is Cc1ccc(C(O)c2ccccc2I)c2ccccc12. The Balaban J connectivity index is 2.20. The molecule has 20 heavy (non-hydrogen) atoms. The highest BCUT2D eigenvalue weighted by molar-refractivity contribution is 14.1. The first kappa shape index (κ1) is 13.6. The summed E-state index contributed by atoms with van der Waals surface area (Å²) in [7, 11) is 0. The lowest BCUT2D eigenvalue weighted by Gasteiger charge is -2.16. The Hall–Kier alpha value is -1.39. The van der Waals surface area contributed by atoms with Gasteiger partial charge in [-0.05, 0) is 63.0 Å². The predicted molar refractivity (Wildman–Crippen MR) is 91.9 cm³/mol. The topological polar surface area (TPSA) is 20.2 Å². The van der Waals surface area contributed by atoms with Gasteiger partial charge in [0.05, 0.1) is 0 Å². The fraction of sp³-hybridized carbons (Fsp3) is 0.111. The second-order valence-corrected chi connectivity index (χ2v) is 6.10. The zero-order valence-corrected chi connectivity index (χ0v) is 13.3. The molecule has 3 aromatic carbocycles. The van der Waals surface area contributed by atoms with Crippen LogP contribution in [0.5, 0.6) is 0 Å². The zero-order chi connectivity index (χ0) is 14.1. The van der Waals surface area contributed by atoms with Gasteiger partial charge < -0.3 is 5.11 Å². The summed E-state index contributed by atoms with van der Waals surface area (Å²) < 4.78 is 1.09. The Labute approximate surface area is 132 Å². The van der Waals surface area contributed by atoms with Crippen LogP contribution in [0, 0.1) is 10.5 Å². The monoisotopic (exact) mass is 374 g/mol. The van der Waals surface area contributed by atoms with Gasteiger partial charge in [0.1, 0.15) is 6.10 Å². The van der Waals surface area contributed by atoms with E-state index >= 15 is 0 Å². The van der Waals surface area contributed by atoms with E-state index < -0.39 is 6.10 Å². The number of aliphatic hydroxyl groups is 1. The molecule has 3 aromatic rings. The molecule has 0 aliphatic carbocycles. The summed E-state index contributed by atoms with van der Waals surface area (Å²) in [6.45, 7) is 2.10. The lowest BCUT2D eigenvalue weighted by atomic mass is 9.94. The molecule has 0 spiro atoms. The molecule has 0 saturated carbocycles. The minimum absolute atomic E-state index is 0.589. The van der Waals surface area contributed by atoms with Gasteiger partial charge in [-0.15, -0.1) is 0 Å². The van der Waals surface area contributed by atoms with Crippen LogP contribution in [-0.4, -0.2) is 5.11 Å². The number of hydrogen-bond acceptors (Lipinski definition) is 1. The van der Waals surface area contributed by atoms with Crippen LogP contribution in [0.4, 0.5) is 0 Å². The van der Waals surface area contributed by atoms with E-state index in [1.165, 1.54) is 10.9 Å². The van der Waals surface area contributed by atoms with Crippen molar-refractivity contribution in [3.8, 4) is 0 Å². The third-order valence-electron chi connectivity index (χ3n) is 3.67. The molecule has 0 aliphatic heterocycles. The number of benzene rings is 3. The van der Waals surface area contributed by atoms with Crippen LogP contribution in [0.15, 0.2) is 60.7 Å². The summed E-state index contributed by atoms with van der Waals surface area (Å²) in [6.07, 6.45) is -0.589. The highest BCUT2D eigenvalue weighted by Crippen LogP contribution is 2.32. The Morgan fingerprint density at radius 3 is 2.20 bits per heavy atom. The van der Waals surface area contributed by atoms with Gasteiger partial charge in [-0.2, -0.15) is 0 Å². The van der Waals surface area contributed by atoms with E-state index in [1.54, 1.807) is 0 Å². The van der Waals surface area contributed by atoms with E-state index in [2.05, 4.69) is 47.7 Å². The van der Waals surface area contributed by atoms with Crippen molar-refractivity contribution in [2.75, 3.05) is 0 Å². The third-order valence-corrected chi connectivity index (χ3v) is 4.65. The maximum atomic E-state index is 10.8. The number of fused-ring (bicyclic) bond motifs is 1. The Kier molecular flexibility index (Phi) is 3.76. The van der Waals surface area contributed by atoms with E-state index in [0.29, 0.717) is 0 Å². The molecule has 0 bridgehead atoms. The Morgan fingerprint density at radius 1 is 0.800 bits per heavy atom. The highest BCUT2D eigenvalue weighted by atomic mass is 127. The molecule has 2 heteroatoms. The average Bonchev–Trinajstić information content (AvgIpc) is 2.48. The van der Waals surface area contributed by atoms with Crippen LogP contribution >= 0.6 is 22.6 Å². The number of aliphatic hydroxyl groups excluding tert-OH is 1. The third kappa shape index (κ3) is 2.34. The number of hydrogen-bond donors (Lipinski definition) is 1. The van der Waals surface area contributed by atoms with Crippen molar-refractivity contribution in [2.24, 2.45) is 0 Å². The summed E-state index contributed by atoms with van der Waals surface area (Å²) in [5.74, 6) is 0. The first-order chi connectivity index (χ1) is 9.68. The minimum Gasteiger partial charge on any atom is -0.384 e. The van der Waals surface area contributed by atoms with Gasteiger partial charge in [0, 0.05) is 3.57 Å². The lowest BCUT2D eigenvalue weighted by molar-refractivity contribution is 0.221. The summed E-state index contributed by atoms with van der Waals surface area (Å²) in [6, 6.07) is 20.3. The predicted octanol–water partition coefficient (Wildman–Crippen LogP) is 4.83. The Bertz CT molecular complexity index is 764. The van der Waals surface area contributed by atoms with Gasteiger partial charge in [0.15, 0.2) is 0 Å². The molecule has 0 radical (unpaired) electrons. The molecule has 1 N–H and O–H groups in total. The lowest BCUT2D eigenvalue weighted by Crippen LogP contribution is -2.03. The fourth-order valence-corrected chi connectivity index (χ4v) is 3.26. The molecular formula is C18H15IO. The van der Waals surface area contributed by atoms with Gasteiger partial charge in [-0.1, -0.05) is 54.6 Å². The fourth-order valence-electron chi connectivity index (χ4n) is 2.58. The van der Waals surface area contributed by atoms with Crippen molar-refractivity contribution in [3.63, 3.8) is 0 Å². The molecule has 0 amide bonds. The minimum atomic E-state index is -0.589. The second kappa shape index (κ2) is 5.54. The van der Waals surface area contributed by atoms with Crippen molar-refractivity contribution in [3.05, 3.63) is 80.9 Å². The quantitative estimate of drug-likeness (QED) is 0.637. The zero-order valence-electron chi connectivity index (χ0n) is 11.2. The van der Waals surface area contributed by atoms with Crippen LogP contribution < -0.4 is 0 Å². The van der Waals surface area contributed by atoms with Crippen LogP contribution in [-0.2, 0) is 0 Å². The van der Waals surface area contributed by atoms with Gasteiger partial charge in [0.2, 0.25) is 0 Å². The van der Waals surface area contributed by atoms with Crippen LogP contribution in [0.2, 0.25) is 0 Å². The van der Waals surface area contributed by atoms with Crippen molar-refractivity contribution in [1.29, 1.82) is 0 Å². The number of halogens is 1. The van der Waals surface area contributed by atoms with Gasteiger partial charge >= 0.3 is 0 Å². The smallest absolute Gasteiger partial charge is 0.106 e. The summed E-state index contributed by atoms with van der Waals surface area (Å²) >= 11 is 2.27. The van der Waals surface area contributed by atoms with Crippen LogP contribution in [0.3, 0.4) is 0 Å². The van der Waals surface area contributed by atoms with Crippen molar-refractivity contribution in [1.82, 2.24) is 0 Å². The maximum Gasteiger partial charge on any atom is 0.106 e. The van der Waals surface area contributed by atoms with Crippen molar-refractivity contribution < 1.29 is 5.11 Å². The van der Waals surface area contributed by atoms with Gasteiger partial charge in [-0.3, -0.25) is 0 Å². The van der Waals surface area contributed by atoms with Crippen LogP contribution in [0.1, 0.15) is 22.8 Å². The van der Waals surface area contributed by atoms with E-state index in [-0.39, 0.29) is 0 Å². The second-order valence-electron chi connectivity index (χ2n) is 4.94. The van der Waals surface area contributed by atoms with Gasteiger partial charge in [-0.25, -0.2) is 0 Å². The van der Waals surface area contributed by atoms with E-state index in [0.717, 1.165) is 20.1 Å². The molecule has 0 saturated heterocycles. The summed E-state index contributed by atoms with van der Waals surface area (Å²) in [5.41, 5.74) is 3.16. The molecule has 1 unspecified atom stereocenters. The molecule has 0 heterocycles. The van der Waals surface area contributed by atoms with E-state index in [9.17, 15) is 5.11 Å². The molecule has 1 nitrogen and oxygen atoms in total. The van der Waals surface area contributed by atoms with E-state index in [4.69, 9.17) is 0 Å². The average molecular weight is 374 g/mol. The van der Waals surface area contributed by atoms with Gasteiger partial charge in [0.25, 0.3) is 0 Å². The molecule has 3 rings (SSSR count). The molecule has 0 fully saturated rings. The standard InChI is InChI=1S/C18H15IO/c1-12-10-11-15(14-7-3-2-6-13(12)14)18(20)16-8-4-5-9-17(16)19/h2-11,18,20H,1H3. The molecular weight excluding hydrogens is 359 g/mol. The van der Waals surface area contributed by atoms with E-state index in [1.807, 2.05) is 42.5 Å². The molecule has 0 aromatic heterocycles. The largest absolute Gasteiger partial charge is 0.384 e. The molecule has 1 atom stereocenters. The van der Waals surface area contributed by atoms with Crippen molar-refractivity contribution >= 4 is 33.4 Å². The highest BCUT2D eigenvalue weighted by Gasteiger charge is 2.16. The molecule has 100 valence electrons. The first-order valence-electron chi connectivity index (χ1n) is 6.59. The first-order valence-corrected chi connectivity index (χ1v) is 7.67.